The Labute approximate surface area is 116 Å². The van der Waals surface area contributed by atoms with Gasteiger partial charge in [0, 0.05) is 22.2 Å². The average molecular weight is 270 g/mol. The fourth-order valence-electron chi connectivity index (χ4n) is 2.25. The fourth-order valence-corrected chi connectivity index (χ4v) is 2.38. The van der Waals surface area contributed by atoms with Gasteiger partial charge < -0.3 is 5.11 Å². The molecule has 0 aliphatic rings. The molecule has 0 fully saturated rings. The van der Waals surface area contributed by atoms with E-state index < -0.39 is 0 Å². The summed E-state index contributed by atoms with van der Waals surface area (Å²) >= 11 is 5.91. The molecule has 3 heteroatoms. The van der Waals surface area contributed by atoms with Gasteiger partial charge in [-0.3, -0.25) is 4.98 Å². The fraction of sp³-hybridized carbons (Fsp3) is 0.0625. The minimum atomic E-state index is 0.294. The molecule has 19 heavy (non-hydrogen) atoms. The van der Waals surface area contributed by atoms with E-state index in [1.165, 1.54) is 0 Å². The molecule has 0 aliphatic carbocycles. The summed E-state index contributed by atoms with van der Waals surface area (Å²) in [6.45, 7) is 1.88. The zero-order chi connectivity index (χ0) is 13.4. The number of aromatic nitrogens is 1. The second kappa shape index (κ2) is 4.56. The Kier molecular flexibility index (Phi) is 2.88. The quantitative estimate of drug-likeness (QED) is 0.702. The number of pyridine rings is 1. The monoisotopic (exact) mass is 269 g/mol. The molecule has 0 unspecified atom stereocenters. The Hall–Kier alpha value is -2.06. The van der Waals surface area contributed by atoms with Gasteiger partial charge in [-0.15, -0.1) is 0 Å². The highest BCUT2D eigenvalue weighted by Gasteiger charge is 2.12. The second-order valence-corrected chi connectivity index (χ2v) is 4.93. The smallest absolute Gasteiger partial charge is 0.127 e. The largest absolute Gasteiger partial charge is 0.507 e. The molecule has 1 N–H and O–H groups in total. The van der Waals surface area contributed by atoms with Crippen LogP contribution in [0.1, 0.15) is 5.56 Å². The van der Waals surface area contributed by atoms with Gasteiger partial charge in [-0.2, -0.15) is 0 Å². The Morgan fingerprint density at radius 3 is 2.58 bits per heavy atom. The zero-order valence-electron chi connectivity index (χ0n) is 10.4. The Morgan fingerprint density at radius 2 is 1.84 bits per heavy atom. The Bertz CT molecular complexity index is 751. The highest BCUT2D eigenvalue weighted by molar-refractivity contribution is 6.30. The minimum Gasteiger partial charge on any atom is -0.507 e. The number of phenolic OH excluding ortho intramolecular Hbond substituents is 1. The van der Waals surface area contributed by atoms with Crippen molar-refractivity contribution in [2.24, 2.45) is 0 Å². The molecule has 0 radical (unpaired) electrons. The molecular formula is C16H12ClNO. The Balaban J connectivity index is 2.38. The summed E-state index contributed by atoms with van der Waals surface area (Å²) in [4.78, 5) is 4.35. The molecule has 2 nitrogen and oxygen atoms in total. The van der Waals surface area contributed by atoms with E-state index in [-0.39, 0.29) is 0 Å². The van der Waals surface area contributed by atoms with E-state index >= 15 is 0 Å². The zero-order valence-corrected chi connectivity index (χ0v) is 11.1. The van der Waals surface area contributed by atoms with Crippen LogP contribution in [0.3, 0.4) is 0 Å². The van der Waals surface area contributed by atoms with E-state index in [1.807, 2.05) is 49.4 Å². The van der Waals surface area contributed by atoms with Gasteiger partial charge in [-0.25, -0.2) is 0 Å². The first-order valence-corrected chi connectivity index (χ1v) is 6.38. The van der Waals surface area contributed by atoms with Gasteiger partial charge in [-0.05, 0) is 42.3 Å². The van der Waals surface area contributed by atoms with Gasteiger partial charge in [0.05, 0.1) is 5.52 Å². The first-order chi connectivity index (χ1) is 9.16. The van der Waals surface area contributed by atoms with Gasteiger partial charge in [0.2, 0.25) is 0 Å². The molecule has 2 aromatic carbocycles. The molecule has 0 saturated heterocycles. The summed E-state index contributed by atoms with van der Waals surface area (Å²) in [5.74, 6) is 0.294. The van der Waals surface area contributed by atoms with Crippen LogP contribution in [0, 0.1) is 6.92 Å². The number of hydrogen-bond acceptors (Lipinski definition) is 2. The molecule has 0 atom stereocenters. The van der Waals surface area contributed by atoms with E-state index in [9.17, 15) is 5.11 Å². The summed E-state index contributed by atoms with van der Waals surface area (Å²) in [6, 6.07) is 13.2. The van der Waals surface area contributed by atoms with E-state index in [0.717, 1.165) is 27.6 Å². The highest BCUT2D eigenvalue weighted by Crippen LogP contribution is 2.38. The maximum atomic E-state index is 10.4. The number of benzene rings is 2. The SMILES string of the molecule is Cc1cc2ncccc2c(-c2ccc(Cl)cc2)c1O. The van der Waals surface area contributed by atoms with Crippen LogP contribution in [0.25, 0.3) is 22.0 Å². The lowest BCUT2D eigenvalue weighted by Crippen LogP contribution is -1.88. The maximum absolute atomic E-state index is 10.4. The number of aryl methyl sites for hydroxylation is 1. The van der Waals surface area contributed by atoms with Crippen molar-refractivity contribution < 1.29 is 5.11 Å². The van der Waals surface area contributed by atoms with Gasteiger partial charge in [0.25, 0.3) is 0 Å². The second-order valence-electron chi connectivity index (χ2n) is 4.49. The molecule has 0 amide bonds. The van der Waals surface area contributed by atoms with Crippen molar-refractivity contribution in [1.82, 2.24) is 4.98 Å². The third kappa shape index (κ3) is 2.04. The van der Waals surface area contributed by atoms with Crippen LogP contribution in [-0.4, -0.2) is 10.1 Å². The van der Waals surface area contributed by atoms with Crippen molar-refractivity contribution >= 4 is 22.5 Å². The third-order valence-electron chi connectivity index (χ3n) is 3.20. The van der Waals surface area contributed by atoms with E-state index in [0.29, 0.717) is 10.8 Å². The van der Waals surface area contributed by atoms with Crippen molar-refractivity contribution in [2.75, 3.05) is 0 Å². The summed E-state index contributed by atoms with van der Waals surface area (Å²) in [5.41, 5.74) is 3.43. The van der Waals surface area contributed by atoms with Crippen molar-refractivity contribution in [3.8, 4) is 16.9 Å². The van der Waals surface area contributed by atoms with Gasteiger partial charge in [0.15, 0.2) is 0 Å². The molecule has 0 spiro atoms. The molecule has 3 aromatic rings. The molecule has 0 bridgehead atoms. The maximum Gasteiger partial charge on any atom is 0.127 e. The lowest BCUT2D eigenvalue weighted by atomic mass is 9.97. The van der Waals surface area contributed by atoms with Crippen molar-refractivity contribution in [1.29, 1.82) is 0 Å². The van der Waals surface area contributed by atoms with E-state index in [1.54, 1.807) is 6.20 Å². The molecule has 1 aromatic heterocycles. The van der Waals surface area contributed by atoms with E-state index in [2.05, 4.69) is 4.98 Å². The number of fused-ring (bicyclic) bond motifs is 1. The van der Waals surface area contributed by atoms with Crippen LogP contribution in [-0.2, 0) is 0 Å². The number of rotatable bonds is 1. The first-order valence-electron chi connectivity index (χ1n) is 6.00. The van der Waals surface area contributed by atoms with Crippen LogP contribution in [0.5, 0.6) is 5.75 Å². The lowest BCUT2D eigenvalue weighted by molar-refractivity contribution is 0.474. The summed E-state index contributed by atoms with van der Waals surface area (Å²) in [7, 11) is 0. The number of halogens is 1. The summed E-state index contributed by atoms with van der Waals surface area (Å²) < 4.78 is 0. The predicted octanol–water partition coefficient (Wildman–Crippen LogP) is 4.57. The molecule has 94 valence electrons. The minimum absolute atomic E-state index is 0.294. The third-order valence-corrected chi connectivity index (χ3v) is 3.46. The van der Waals surface area contributed by atoms with Gasteiger partial charge in [-0.1, -0.05) is 29.8 Å². The van der Waals surface area contributed by atoms with Crippen molar-refractivity contribution in [2.45, 2.75) is 6.92 Å². The number of hydrogen-bond donors (Lipinski definition) is 1. The number of phenols is 1. The van der Waals surface area contributed by atoms with Crippen LogP contribution in [0.4, 0.5) is 0 Å². The van der Waals surface area contributed by atoms with Gasteiger partial charge in [0.1, 0.15) is 5.75 Å². The molecule has 1 heterocycles. The van der Waals surface area contributed by atoms with Crippen molar-refractivity contribution in [3.05, 3.63) is 59.2 Å². The van der Waals surface area contributed by atoms with Crippen molar-refractivity contribution in [3.63, 3.8) is 0 Å². The lowest BCUT2D eigenvalue weighted by Gasteiger charge is -2.11. The topological polar surface area (TPSA) is 33.1 Å². The normalized spacial score (nSPS) is 10.8. The summed E-state index contributed by atoms with van der Waals surface area (Å²) in [6.07, 6.45) is 1.75. The standard InChI is InChI=1S/C16H12ClNO/c1-10-9-14-13(3-2-8-18-14)15(16(10)19)11-4-6-12(17)7-5-11/h2-9,19H,1H3. The number of aromatic hydroxyl groups is 1. The van der Waals surface area contributed by atoms with Crippen LogP contribution < -0.4 is 0 Å². The van der Waals surface area contributed by atoms with Crippen LogP contribution in [0.2, 0.25) is 5.02 Å². The van der Waals surface area contributed by atoms with Gasteiger partial charge >= 0.3 is 0 Å². The highest BCUT2D eigenvalue weighted by atomic mass is 35.5. The first kappa shape index (κ1) is 12.0. The Morgan fingerprint density at radius 1 is 1.11 bits per heavy atom. The molecular weight excluding hydrogens is 258 g/mol. The summed E-state index contributed by atoms with van der Waals surface area (Å²) in [5, 5.41) is 12.0. The molecule has 0 aliphatic heterocycles. The predicted molar refractivity (Wildman–Crippen MR) is 78.6 cm³/mol. The number of nitrogens with zero attached hydrogens (tertiary/aromatic N) is 1. The van der Waals surface area contributed by atoms with Crippen LogP contribution in [0.15, 0.2) is 48.7 Å². The molecule has 0 saturated carbocycles. The van der Waals surface area contributed by atoms with E-state index in [4.69, 9.17) is 11.6 Å². The van der Waals surface area contributed by atoms with Crippen LogP contribution >= 0.6 is 11.6 Å². The average Bonchev–Trinajstić information content (AvgIpc) is 2.42. The molecule has 3 rings (SSSR count).